The second-order valence-corrected chi connectivity index (χ2v) is 6.65. The summed E-state index contributed by atoms with van der Waals surface area (Å²) in [5, 5.41) is 5.80. The van der Waals surface area contributed by atoms with E-state index in [1.807, 2.05) is 10.8 Å². The Labute approximate surface area is 126 Å². The number of rotatable bonds is 3. The average molecular weight is 320 g/mol. The standard InChI is InChI=1S/C12H8N4OS3/c1-2-19-11(13-1)9-5-20-12(16-9)7-3-17-10(15-7)8-4-18-6-14-8/h3-6H,1-2H2. The van der Waals surface area contributed by atoms with E-state index in [4.69, 9.17) is 4.42 Å². The zero-order valence-corrected chi connectivity index (χ0v) is 12.6. The van der Waals surface area contributed by atoms with Crippen molar-refractivity contribution < 1.29 is 4.42 Å². The molecule has 3 aromatic heterocycles. The number of aliphatic imine (C=N–C) groups is 1. The first-order chi connectivity index (χ1) is 9.90. The van der Waals surface area contributed by atoms with Gasteiger partial charge in [-0.2, -0.15) is 0 Å². The fourth-order valence-corrected chi connectivity index (χ4v) is 3.95. The molecule has 0 aliphatic carbocycles. The van der Waals surface area contributed by atoms with E-state index in [0.29, 0.717) is 5.89 Å². The van der Waals surface area contributed by atoms with E-state index in [-0.39, 0.29) is 0 Å². The molecule has 0 atom stereocenters. The maximum Gasteiger partial charge on any atom is 0.246 e. The number of aromatic nitrogens is 3. The van der Waals surface area contributed by atoms with Crippen LogP contribution in [0.15, 0.2) is 31.9 Å². The first-order valence-electron chi connectivity index (χ1n) is 5.88. The van der Waals surface area contributed by atoms with Crippen LogP contribution in [0.2, 0.25) is 0 Å². The van der Waals surface area contributed by atoms with E-state index in [9.17, 15) is 0 Å². The van der Waals surface area contributed by atoms with Gasteiger partial charge in [-0.1, -0.05) is 0 Å². The number of thiazole rings is 2. The summed E-state index contributed by atoms with van der Waals surface area (Å²) in [6, 6.07) is 0. The molecule has 5 nitrogen and oxygen atoms in total. The second-order valence-electron chi connectivity index (χ2n) is 3.98. The third kappa shape index (κ3) is 2.19. The molecule has 0 amide bonds. The molecule has 1 aliphatic rings. The smallest absolute Gasteiger partial charge is 0.246 e. The highest BCUT2D eigenvalue weighted by Gasteiger charge is 2.16. The Bertz CT molecular complexity index is 759. The number of hydrogen-bond donors (Lipinski definition) is 0. The zero-order valence-electron chi connectivity index (χ0n) is 10.1. The molecule has 0 radical (unpaired) electrons. The Morgan fingerprint density at radius 2 is 2.10 bits per heavy atom. The van der Waals surface area contributed by atoms with Crippen LogP contribution in [0.5, 0.6) is 0 Å². The Morgan fingerprint density at radius 1 is 1.10 bits per heavy atom. The van der Waals surface area contributed by atoms with Crippen LogP contribution in [0.4, 0.5) is 0 Å². The summed E-state index contributed by atoms with van der Waals surface area (Å²) in [4.78, 5) is 17.6. The first-order valence-corrected chi connectivity index (χ1v) is 8.68. The highest BCUT2D eigenvalue weighted by atomic mass is 32.2. The van der Waals surface area contributed by atoms with E-state index in [1.165, 1.54) is 11.3 Å². The third-order valence-electron chi connectivity index (χ3n) is 2.68. The summed E-state index contributed by atoms with van der Waals surface area (Å²) in [5.74, 6) is 1.57. The maximum atomic E-state index is 5.46. The lowest BCUT2D eigenvalue weighted by Crippen LogP contribution is -1.91. The van der Waals surface area contributed by atoms with Crippen LogP contribution in [0.1, 0.15) is 5.69 Å². The van der Waals surface area contributed by atoms with Crippen molar-refractivity contribution in [1.82, 2.24) is 15.0 Å². The Hall–Kier alpha value is -1.51. The van der Waals surface area contributed by atoms with Gasteiger partial charge in [0.15, 0.2) is 0 Å². The summed E-state index contributed by atoms with van der Waals surface area (Å²) in [5.41, 5.74) is 4.20. The van der Waals surface area contributed by atoms with Gasteiger partial charge in [0.2, 0.25) is 5.89 Å². The molecule has 100 valence electrons. The minimum atomic E-state index is 0.533. The van der Waals surface area contributed by atoms with Gasteiger partial charge in [-0.15, -0.1) is 34.4 Å². The predicted octanol–water partition coefficient (Wildman–Crippen LogP) is 3.42. The van der Waals surface area contributed by atoms with E-state index >= 15 is 0 Å². The van der Waals surface area contributed by atoms with E-state index in [1.54, 1.807) is 34.9 Å². The maximum absolute atomic E-state index is 5.46. The van der Waals surface area contributed by atoms with Crippen molar-refractivity contribution in [1.29, 1.82) is 0 Å². The second kappa shape index (κ2) is 5.12. The van der Waals surface area contributed by atoms with Crippen molar-refractivity contribution >= 4 is 39.5 Å². The SMILES string of the molecule is c1nc(-c2nc(-c3nc(C4=NCCS4)cs3)co2)cs1. The highest BCUT2D eigenvalue weighted by Crippen LogP contribution is 2.29. The number of oxazole rings is 1. The molecule has 0 N–H and O–H groups in total. The molecule has 0 saturated carbocycles. The van der Waals surface area contributed by atoms with E-state index < -0.39 is 0 Å². The van der Waals surface area contributed by atoms with Gasteiger partial charge in [-0.3, -0.25) is 4.99 Å². The van der Waals surface area contributed by atoms with Crippen molar-refractivity contribution in [2.75, 3.05) is 12.3 Å². The van der Waals surface area contributed by atoms with Crippen LogP contribution >= 0.6 is 34.4 Å². The van der Waals surface area contributed by atoms with Crippen molar-refractivity contribution in [2.24, 2.45) is 4.99 Å². The average Bonchev–Trinajstić information content (AvgIpc) is 3.22. The minimum absolute atomic E-state index is 0.533. The number of nitrogens with zero attached hydrogens (tertiary/aromatic N) is 4. The fourth-order valence-electron chi connectivity index (χ4n) is 1.79. The topological polar surface area (TPSA) is 64.2 Å². The lowest BCUT2D eigenvalue weighted by atomic mass is 10.4. The van der Waals surface area contributed by atoms with Gasteiger partial charge < -0.3 is 4.42 Å². The van der Waals surface area contributed by atoms with Crippen LogP contribution < -0.4 is 0 Å². The van der Waals surface area contributed by atoms with Gasteiger partial charge in [0.05, 0.1) is 5.51 Å². The Kier molecular flexibility index (Phi) is 3.13. The van der Waals surface area contributed by atoms with Crippen molar-refractivity contribution in [3.8, 4) is 22.3 Å². The predicted molar refractivity (Wildman–Crippen MR) is 82.6 cm³/mol. The summed E-state index contributed by atoms with van der Waals surface area (Å²) in [7, 11) is 0. The summed E-state index contributed by atoms with van der Waals surface area (Å²) in [6.45, 7) is 0.880. The molecule has 0 spiro atoms. The molecule has 3 aromatic rings. The first kappa shape index (κ1) is 12.2. The van der Waals surface area contributed by atoms with Gasteiger partial charge in [0, 0.05) is 23.1 Å². The molecule has 8 heteroatoms. The molecular formula is C12H8N4OS3. The molecule has 1 aliphatic heterocycles. The molecule has 4 heterocycles. The molecule has 0 fully saturated rings. The zero-order chi connectivity index (χ0) is 13.4. The Balaban J connectivity index is 1.65. The minimum Gasteiger partial charge on any atom is -0.443 e. The molecule has 20 heavy (non-hydrogen) atoms. The molecule has 0 bridgehead atoms. The molecule has 4 rings (SSSR count). The van der Waals surface area contributed by atoms with Gasteiger partial charge in [-0.05, 0) is 0 Å². The molecule has 0 unspecified atom stereocenters. The van der Waals surface area contributed by atoms with E-state index in [2.05, 4.69) is 19.9 Å². The summed E-state index contributed by atoms with van der Waals surface area (Å²) >= 11 is 4.82. The van der Waals surface area contributed by atoms with Gasteiger partial charge in [0.25, 0.3) is 0 Å². The van der Waals surface area contributed by atoms with Crippen LogP contribution in [-0.2, 0) is 0 Å². The van der Waals surface area contributed by atoms with Crippen molar-refractivity contribution in [3.63, 3.8) is 0 Å². The summed E-state index contributed by atoms with van der Waals surface area (Å²) in [6.07, 6.45) is 1.63. The molecular weight excluding hydrogens is 312 g/mol. The van der Waals surface area contributed by atoms with Crippen molar-refractivity contribution in [3.05, 3.63) is 28.2 Å². The van der Waals surface area contributed by atoms with Crippen LogP contribution in [0.25, 0.3) is 22.3 Å². The van der Waals surface area contributed by atoms with Crippen LogP contribution in [-0.4, -0.2) is 32.3 Å². The molecule has 0 saturated heterocycles. The largest absolute Gasteiger partial charge is 0.443 e. The molecule has 0 aromatic carbocycles. The lowest BCUT2D eigenvalue weighted by molar-refractivity contribution is 0.573. The lowest BCUT2D eigenvalue weighted by Gasteiger charge is -1.91. The normalized spacial score (nSPS) is 14.7. The summed E-state index contributed by atoms with van der Waals surface area (Å²) < 4.78 is 5.46. The monoisotopic (exact) mass is 320 g/mol. The number of thioether (sulfide) groups is 1. The van der Waals surface area contributed by atoms with E-state index in [0.717, 1.165) is 39.4 Å². The van der Waals surface area contributed by atoms with Gasteiger partial charge >= 0.3 is 0 Å². The Morgan fingerprint density at radius 3 is 2.90 bits per heavy atom. The quantitative estimate of drug-likeness (QED) is 0.740. The van der Waals surface area contributed by atoms with Crippen LogP contribution in [0, 0.1) is 0 Å². The third-order valence-corrected chi connectivity index (χ3v) is 5.13. The van der Waals surface area contributed by atoms with Gasteiger partial charge in [0.1, 0.15) is 33.4 Å². The van der Waals surface area contributed by atoms with Crippen LogP contribution in [0.3, 0.4) is 0 Å². The highest BCUT2D eigenvalue weighted by molar-refractivity contribution is 8.14. The fraction of sp³-hybridized carbons (Fsp3) is 0.167. The van der Waals surface area contributed by atoms with Gasteiger partial charge in [-0.25, -0.2) is 15.0 Å². The number of hydrogen-bond acceptors (Lipinski definition) is 8. The van der Waals surface area contributed by atoms with Crippen molar-refractivity contribution in [2.45, 2.75) is 0 Å².